The van der Waals surface area contributed by atoms with Gasteiger partial charge in [0.25, 0.3) is 0 Å². The van der Waals surface area contributed by atoms with E-state index < -0.39 is 0 Å². The molecule has 0 spiro atoms. The predicted molar refractivity (Wildman–Crippen MR) is 105 cm³/mol. The second kappa shape index (κ2) is 8.38. The molecule has 0 bridgehead atoms. The largest absolute Gasteiger partial charge is 0.345 e. The molecule has 3 aromatic rings. The van der Waals surface area contributed by atoms with Crippen LogP contribution in [-0.4, -0.2) is 28.0 Å². The van der Waals surface area contributed by atoms with Gasteiger partial charge in [-0.15, -0.1) is 11.3 Å². The van der Waals surface area contributed by atoms with Gasteiger partial charge in [0.05, 0.1) is 12.2 Å². The molecule has 2 aromatic heterocycles. The minimum Gasteiger partial charge on any atom is -0.345 e. The normalized spacial score (nSPS) is 17.2. The second-order valence-corrected chi connectivity index (χ2v) is 7.59. The van der Waals surface area contributed by atoms with Crippen molar-refractivity contribution in [2.45, 2.75) is 31.8 Å². The first kappa shape index (κ1) is 17.1. The fourth-order valence-corrected chi connectivity index (χ4v) is 4.01. The summed E-state index contributed by atoms with van der Waals surface area (Å²) in [6, 6.07) is 12.7. The zero-order valence-electron chi connectivity index (χ0n) is 14.7. The molecule has 0 unspecified atom stereocenters. The predicted octanol–water partition coefficient (Wildman–Crippen LogP) is 3.61. The van der Waals surface area contributed by atoms with Gasteiger partial charge in [0.15, 0.2) is 0 Å². The summed E-state index contributed by atoms with van der Waals surface area (Å²) in [7, 11) is 0. The van der Waals surface area contributed by atoms with E-state index in [-0.39, 0.29) is 0 Å². The maximum absolute atomic E-state index is 4.58. The molecule has 1 aliphatic heterocycles. The van der Waals surface area contributed by atoms with Crippen LogP contribution in [-0.2, 0) is 13.1 Å². The first-order valence-corrected chi connectivity index (χ1v) is 9.96. The summed E-state index contributed by atoms with van der Waals surface area (Å²) in [5.74, 6) is 1.45. The Hall–Kier alpha value is -2.31. The van der Waals surface area contributed by atoms with Crippen molar-refractivity contribution < 1.29 is 0 Å². The van der Waals surface area contributed by atoms with Crippen LogP contribution in [0.3, 0.4) is 0 Å². The van der Waals surface area contributed by atoms with E-state index in [0.717, 1.165) is 42.7 Å². The first-order chi connectivity index (χ1) is 12.9. The Kier molecular flexibility index (Phi) is 5.52. The van der Waals surface area contributed by atoms with E-state index in [1.54, 1.807) is 17.7 Å². The quantitative estimate of drug-likeness (QED) is 0.723. The van der Waals surface area contributed by atoms with Gasteiger partial charge in [-0.1, -0.05) is 30.3 Å². The molecule has 3 heterocycles. The van der Waals surface area contributed by atoms with Crippen LogP contribution in [0.1, 0.15) is 35.0 Å². The van der Waals surface area contributed by atoms with Crippen molar-refractivity contribution in [1.82, 2.24) is 20.3 Å². The van der Waals surface area contributed by atoms with Crippen LogP contribution in [0, 0.1) is 0 Å². The van der Waals surface area contributed by atoms with Crippen LogP contribution >= 0.6 is 11.3 Å². The van der Waals surface area contributed by atoms with Crippen LogP contribution in [0.5, 0.6) is 0 Å². The summed E-state index contributed by atoms with van der Waals surface area (Å²) < 4.78 is 0. The number of hydrogen-bond donors (Lipinski definition) is 1. The van der Waals surface area contributed by atoms with Crippen molar-refractivity contribution in [1.29, 1.82) is 0 Å². The summed E-state index contributed by atoms with van der Waals surface area (Å²) in [4.78, 5) is 15.9. The second-order valence-electron chi connectivity index (χ2n) is 6.61. The van der Waals surface area contributed by atoms with E-state index in [2.05, 4.69) is 55.5 Å². The van der Waals surface area contributed by atoms with Gasteiger partial charge in [-0.3, -0.25) is 0 Å². The van der Waals surface area contributed by atoms with Crippen molar-refractivity contribution in [3.63, 3.8) is 0 Å². The molecular formula is C20H23N5S. The molecule has 0 radical (unpaired) electrons. The van der Waals surface area contributed by atoms with E-state index in [1.807, 2.05) is 17.6 Å². The minimum absolute atomic E-state index is 0.476. The lowest BCUT2D eigenvalue weighted by molar-refractivity contribution is 0.454. The Morgan fingerprint density at radius 3 is 2.81 bits per heavy atom. The van der Waals surface area contributed by atoms with Crippen molar-refractivity contribution in [3.05, 3.63) is 70.6 Å². The summed E-state index contributed by atoms with van der Waals surface area (Å²) >= 11 is 1.68. The molecule has 1 aromatic carbocycles. The number of nitrogens with zero attached hydrogens (tertiary/aromatic N) is 4. The van der Waals surface area contributed by atoms with Gasteiger partial charge in [-0.2, -0.15) is 0 Å². The first-order valence-electron chi connectivity index (χ1n) is 9.08. The summed E-state index contributed by atoms with van der Waals surface area (Å²) in [5, 5.41) is 6.60. The number of rotatable bonds is 6. The van der Waals surface area contributed by atoms with E-state index in [9.17, 15) is 0 Å². The molecule has 0 aliphatic carbocycles. The summed E-state index contributed by atoms with van der Waals surface area (Å²) in [6.07, 6.45) is 5.96. The highest BCUT2D eigenvalue weighted by Crippen LogP contribution is 2.25. The monoisotopic (exact) mass is 365 g/mol. The van der Waals surface area contributed by atoms with Crippen molar-refractivity contribution in [2.75, 3.05) is 18.0 Å². The van der Waals surface area contributed by atoms with Crippen molar-refractivity contribution in [3.8, 4) is 0 Å². The van der Waals surface area contributed by atoms with Crippen LogP contribution in [0.15, 0.2) is 54.3 Å². The molecule has 1 fully saturated rings. The average molecular weight is 366 g/mol. The third-order valence-electron chi connectivity index (χ3n) is 4.74. The van der Waals surface area contributed by atoms with Gasteiger partial charge in [-0.05, 0) is 24.9 Å². The van der Waals surface area contributed by atoms with Gasteiger partial charge >= 0.3 is 0 Å². The lowest BCUT2D eigenvalue weighted by Gasteiger charge is -2.26. The molecule has 1 saturated heterocycles. The molecule has 6 heteroatoms. The van der Waals surface area contributed by atoms with Crippen molar-refractivity contribution in [2.24, 2.45) is 0 Å². The summed E-state index contributed by atoms with van der Waals surface area (Å²) in [5.41, 5.74) is 2.41. The van der Waals surface area contributed by atoms with Crippen LogP contribution in [0.4, 0.5) is 5.82 Å². The Labute approximate surface area is 158 Å². The molecule has 0 amide bonds. The van der Waals surface area contributed by atoms with E-state index in [1.165, 1.54) is 18.4 Å². The molecule has 1 atom stereocenters. The lowest BCUT2D eigenvalue weighted by atomic mass is 9.96. The van der Waals surface area contributed by atoms with Gasteiger partial charge in [0.1, 0.15) is 17.2 Å². The van der Waals surface area contributed by atoms with E-state index >= 15 is 0 Å². The number of anilines is 1. The molecule has 26 heavy (non-hydrogen) atoms. The highest BCUT2D eigenvalue weighted by molar-refractivity contribution is 7.09. The highest BCUT2D eigenvalue weighted by Gasteiger charge is 2.19. The lowest BCUT2D eigenvalue weighted by Crippen LogP contribution is -2.29. The van der Waals surface area contributed by atoms with Crippen LogP contribution in [0.2, 0.25) is 0 Å². The Morgan fingerprint density at radius 2 is 2.04 bits per heavy atom. The third kappa shape index (κ3) is 4.26. The number of hydrogen-bond acceptors (Lipinski definition) is 6. The smallest absolute Gasteiger partial charge is 0.132 e. The average Bonchev–Trinajstić information content (AvgIpc) is 3.22. The number of benzene rings is 1. The summed E-state index contributed by atoms with van der Waals surface area (Å²) in [6.45, 7) is 3.67. The number of nitrogens with one attached hydrogen (secondary N) is 1. The number of aromatic nitrogens is 3. The van der Waals surface area contributed by atoms with E-state index in [0.29, 0.717) is 5.92 Å². The fourth-order valence-electron chi connectivity index (χ4n) is 3.38. The van der Waals surface area contributed by atoms with Gasteiger partial charge in [0, 0.05) is 36.7 Å². The number of thiazole rings is 1. The van der Waals surface area contributed by atoms with Gasteiger partial charge in [-0.25, -0.2) is 15.0 Å². The highest BCUT2D eigenvalue weighted by atomic mass is 32.1. The molecule has 0 saturated carbocycles. The van der Waals surface area contributed by atoms with Gasteiger partial charge < -0.3 is 10.2 Å². The molecular weight excluding hydrogens is 342 g/mol. The standard InChI is InChI=1S/C20H23N5S/c1-2-5-16(6-3-1)13-25(14-20-22-9-10-26-20)19-11-18(23-15-24-19)17-7-4-8-21-12-17/h1-3,5-6,9-11,15,17,21H,4,7-8,12-14H2/t17-/m0/s1. The zero-order valence-corrected chi connectivity index (χ0v) is 15.5. The van der Waals surface area contributed by atoms with Crippen molar-refractivity contribution >= 4 is 17.2 Å². The minimum atomic E-state index is 0.476. The Balaban J connectivity index is 1.60. The maximum Gasteiger partial charge on any atom is 0.132 e. The van der Waals surface area contributed by atoms with Crippen LogP contribution < -0.4 is 10.2 Å². The molecule has 5 nitrogen and oxygen atoms in total. The third-order valence-corrected chi connectivity index (χ3v) is 5.50. The maximum atomic E-state index is 4.58. The van der Waals surface area contributed by atoms with Gasteiger partial charge in [0.2, 0.25) is 0 Å². The number of piperidine rings is 1. The molecule has 4 rings (SSSR count). The van der Waals surface area contributed by atoms with E-state index in [4.69, 9.17) is 0 Å². The topological polar surface area (TPSA) is 53.9 Å². The molecule has 1 N–H and O–H groups in total. The SMILES string of the molecule is c1ccc(CN(Cc2nccs2)c2cc([C@H]3CCCNC3)ncn2)cc1. The fraction of sp³-hybridized carbons (Fsp3) is 0.350. The van der Waals surface area contributed by atoms with Crippen LogP contribution in [0.25, 0.3) is 0 Å². The molecule has 134 valence electrons. The molecule has 1 aliphatic rings. The Bertz CT molecular complexity index is 800. The zero-order chi connectivity index (χ0) is 17.6. The Morgan fingerprint density at radius 1 is 1.12 bits per heavy atom.